The van der Waals surface area contributed by atoms with E-state index in [1.165, 1.54) is 7.11 Å². The van der Waals surface area contributed by atoms with E-state index in [1.807, 2.05) is 87.7 Å². The van der Waals surface area contributed by atoms with Crippen molar-refractivity contribution in [1.82, 2.24) is 15.5 Å². The van der Waals surface area contributed by atoms with E-state index in [4.69, 9.17) is 9.47 Å². The van der Waals surface area contributed by atoms with E-state index < -0.39 is 29.7 Å². The SMILES string of the molecule is CC[C@H](C)[C@@H](CN(Cc1ccccc1)[C@@H](Cc1ccccc1)C(=O)N[C@@H](CCSC)C(=O)OC)NC(=O)OC(C)(C)C. The molecular weight excluding hydrogens is 550 g/mol. The number of nitrogens with one attached hydrogen (secondary N) is 2. The number of esters is 1. The molecule has 2 rings (SSSR count). The number of carbonyl (C=O) groups is 3. The van der Waals surface area contributed by atoms with Crippen molar-refractivity contribution in [3.63, 3.8) is 0 Å². The highest BCUT2D eigenvalue weighted by molar-refractivity contribution is 7.98. The van der Waals surface area contributed by atoms with Crippen molar-refractivity contribution < 1.29 is 23.9 Å². The Morgan fingerprint density at radius 1 is 0.952 bits per heavy atom. The van der Waals surface area contributed by atoms with Crippen molar-refractivity contribution in [2.24, 2.45) is 5.92 Å². The predicted octanol–water partition coefficient (Wildman–Crippen LogP) is 5.45. The van der Waals surface area contributed by atoms with Gasteiger partial charge < -0.3 is 20.1 Å². The number of hydrogen-bond donors (Lipinski definition) is 2. The lowest BCUT2D eigenvalue weighted by molar-refractivity contribution is -0.146. The van der Waals surface area contributed by atoms with Crippen LogP contribution in [0.3, 0.4) is 0 Å². The van der Waals surface area contributed by atoms with Gasteiger partial charge in [0.15, 0.2) is 0 Å². The van der Waals surface area contributed by atoms with Crippen molar-refractivity contribution in [3.05, 3.63) is 71.8 Å². The van der Waals surface area contributed by atoms with Crippen LogP contribution in [0.25, 0.3) is 0 Å². The summed E-state index contributed by atoms with van der Waals surface area (Å²) in [5.41, 5.74) is 1.40. The lowest BCUT2D eigenvalue weighted by Gasteiger charge is -2.37. The van der Waals surface area contributed by atoms with Gasteiger partial charge in [-0.2, -0.15) is 11.8 Å². The summed E-state index contributed by atoms with van der Waals surface area (Å²) in [5.74, 6) is 0.0918. The summed E-state index contributed by atoms with van der Waals surface area (Å²) in [6.45, 7) is 10.6. The molecule has 0 aromatic heterocycles. The molecule has 4 atom stereocenters. The number of thioether (sulfide) groups is 1. The highest BCUT2D eigenvalue weighted by Crippen LogP contribution is 2.19. The summed E-state index contributed by atoms with van der Waals surface area (Å²) >= 11 is 1.61. The molecule has 0 heterocycles. The van der Waals surface area contributed by atoms with Crippen molar-refractivity contribution in [2.75, 3.05) is 25.7 Å². The fourth-order valence-corrected chi connectivity index (χ4v) is 5.08. The first-order chi connectivity index (χ1) is 20.0. The van der Waals surface area contributed by atoms with Crippen molar-refractivity contribution >= 4 is 29.7 Å². The number of benzene rings is 2. The average Bonchev–Trinajstić information content (AvgIpc) is 2.96. The Kier molecular flexibility index (Phi) is 14.9. The van der Waals surface area contributed by atoms with Crippen LogP contribution < -0.4 is 10.6 Å². The molecule has 0 aliphatic heterocycles. The Morgan fingerprint density at radius 2 is 1.55 bits per heavy atom. The molecule has 0 aliphatic carbocycles. The topological polar surface area (TPSA) is 97.0 Å². The highest BCUT2D eigenvalue weighted by Gasteiger charge is 2.33. The van der Waals surface area contributed by atoms with Crippen molar-refractivity contribution in [1.29, 1.82) is 0 Å². The zero-order valence-electron chi connectivity index (χ0n) is 26.2. The van der Waals surface area contributed by atoms with Crippen molar-refractivity contribution in [2.45, 2.75) is 84.2 Å². The van der Waals surface area contributed by atoms with Crippen LogP contribution in [-0.4, -0.2) is 72.3 Å². The molecule has 0 aliphatic rings. The van der Waals surface area contributed by atoms with E-state index in [1.54, 1.807) is 11.8 Å². The minimum Gasteiger partial charge on any atom is -0.467 e. The summed E-state index contributed by atoms with van der Waals surface area (Å²) in [4.78, 5) is 41.7. The molecule has 232 valence electrons. The molecule has 0 saturated carbocycles. The second-order valence-corrected chi connectivity index (χ2v) is 12.6. The summed E-state index contributed by atoms with van der Waals surface area (Å²) in [6, 6.07) is 18.1. The molecule has 42 heavy (non-hydrogen) atoms. The molecule has 2 aromatic carbocycles. The van der Waals surface area contributed by atoms with Gasteiger partial charge in [0, 0.05) is 19.1 Å². The van der Waals surface area contributed by atoms with Gasteiger partial charge in [0.1, 0.15) is 11.6 Å². The minimum absolute atomic E-state index is 0.112. The van der Waals surface area contributed by atoms with Crippen LogP contribution >= 0.6 is 11.8 Å². The van der Waals surface area contributed by atoms with E-state index in [0.29, 0.717) is 31.7 Å². The van der Waals surface area contributed by atoms with Crippen LogP contribution in [0.15, 0.2) is 60.7 Å². The van der Waals surface area contributed by atoms with E-state index in [2.05, 4.69) is 29.4 Å². The van der Waals surface area contributed by atoms with Crippen LogP contribution in [-0.2, 0) is 32.0 Å². The molecule has 0 unspecified atom stereocenters. The third-order valence-corrected chi connectivity index (χ3v) is 7.76. The van der Waals surface area contributed by atoms with Gasteiger partial charge in [-0.15, -0.1) is 0 Å². The maximum absolute atomic E-state index is 14.1. The summed E-state index contributed by atoms with van der Waals surface area (Å²) in [7, 11) is 1.34. The lowest BCUT2D eigenvalue weighted by Crippen LogP contribution is -2.56. The number of methoxy groups -OCH3 is 1. The van der Waals surface area contributed by atoms with Crippen LogP contribution in [0.1, 0.15) is 58.6 Å². The normalized spacial score (nSPS) is 14.4. The first-order valence-corrected chi connectivity index (χ1v) is 16.0. The monoisotopic (exact) mass is 599 g/mol. The molecule has 9 heteroatoms. The molecule has 0 radical (unpaired) electrons. The Hall–Kier alpha value is -3.04. The second-order valence-electron chi connectivity index (χ2n) is 11.6. The highest BCUT2D eigenvalue weighted by atomic mass is 32.2. The summed E-state index contributed by atoms with van der Waals surface area (Å²) < 4.78 is 10.6. The fraction of sp³-hybridized carbons (Fsp3) is 0.545. The van der Waals surface area contributed by atoms with Crippen LogP contribution in [0.4, 0.5) is 4.79 Å². The molecule has 0 bridgehead atoms. The van der Waals surface area contributed by atoms with Gasteiger partial charge in [0.25, 0.3) is 0 Å². The largest absolute Gasteiger partial charge is 0.467 e. The molecule has 0 spiro atoms. The van der Waals surface area contributed by atoms with E-state index in [-0.39, 0.29) is 17.9 Å². The number of nitrogens with zero attached hydrogens (tertiary/aromatic N) is 1. The Labute approximate surface area is 256 Å². The quantitative estimate of drug-likeness (QED) is 0.248. The molecule has 0 fully saturated rings. The van der Waals surface area contributed by atoms with E-state index in [0.717, 1.165) is 17.5 Å². The Bertz CT molecular complexity index is 1090. The number of hydrogen-bond acceptors (Lipinski definition) is 7. The molecule has 8 nitrogen and oxygen atoms in total. The number of alkyl carbamates (subject to hydrolysis) is 1. The number of rotatable bonds is 16. The molecule has 2 N–H and O–H groups in total. The minimum atomic E-state index is -0.753. The van der Waals surface area contributed by atoms with Crippen LogP contribution in [0.5, 0.6) is 0 Å². The van der Waals surface area contributed by atoms with Gasteiger partial charge in [-0.1, -0.05) is 80.9 Å². The summed E-state index contributed by atoms with van der Waals surface area (Å²) in [6.07, 6.45) is 3.19. The first kappa shape index (κ1) is 35.2. The smallest absolute Gasteiger partial charge is 0.407 e. The third-order valence-electron chi connectivity index (χ3n) is 7.12. The molecular formula is C33H49N3O5S. The first-order valence-electron chi connectivity index (χ1n) is 14.7. The molecule has 0 saturated heterocycles. The Balaban J connectivity index is 2.50. The number of carbonyl (C=O) groups excluding carboxylic acids is 3. The maximum Gasteiger partial charge on any atom is 0.407 e. The number of amides is 2. The summed E-state index contributed by atoms with van der Waals surface area (Å²) in [5, 5.41) is 6.08. The second kappa shape index (κ2) is 17.8. The predicted molar refractivity (Wildman–Crippen MR) is 170 cm³/mol. The van der Waals surface area contributed by atoms with Gasteiger partial charge in [-0.05, 0) is 62.7 Å². The van der Waals surface area contributed by atoms with E-state index >= 15 is 0 Å². The van der Waals surface area contributed by atoms with Crippen LogP contribution in [0.2, 0.25) is 0 Å². The lowest BCUT2D eigenvalue weighted by atomic mass is 9.96. The van der Waals surface area contributed by atoms with Gasteiger partial charge in [-0.3, -0.25) is 9.69 Å². The van der Waals surface area contributed by atoms with Gasteiger partial charge in [-0.25, -0.2) is 9.59 Å². The third kappa shape index (κ3) is 12.4. The van der Waals surface area contributed by atoms with E-state index in [9.17, 15) is 14.4 Å². The molecule has 2 aromatic rings. The fourth-order valence-electron chi connectivity index (χ4n) is 4.60. The molecule has 2 amide bonds. The Morgan fingerprint density at radius 3 is 2.07 bits per heavy atom. The number of ether oxygens (including phenoxy) is 2. The van der Waals surface area contributed by atoms with Crippen LogP contribution in [0, 0.1) is 5.92 Å². The van der Waals surface area contributed by atoms with Gasteiger partial charge in [0.2, 0.25) is 5.91 Å². The maximum atomic E-state index is 14.1. The van der Waals surface area contributed by atoms with Gasteiger partial charge in [0.05, 0.1) is 13.2 Å². The standard InChI is InChI=1S/C33H49N3O5S/c1-8-24(2)28(35-32(39)41-33(3,4)5)23-36(22-26-17-13-10-14-18-26)29(21-25-15-11-9-12-16-25)30(37)34-27(19-20-42-7)31(38)40-6/h9-18,24,27-29H,8,19-23H2,1-7H3,(H,34,37)(H,35,39)/t24-,27-,28+,29-/m0/s1. The zero-order chi connectivity index (χ0) is 31.1. The zero-order valence-corrected chi connectivity index (χ0v) is 27.0. The van der Waals surface area contributed by atoms with Crippen molar-refractivity contribution in [3.8, 4) is 0 Å². The average molecular weight is 600 g/mol. The van der Waals surface area contributed by atoms with Gasteiger partial charge >= 0.3 is 12.1 Å².